The van der Waals surface area contributed by atoms with E-state index in [2.05, 4.69) is 18.8 Å². The summed E-state index contributed by atoms with van der Waals surface area (Å²) < 4.78 is 27.5. The molecule has 0 radical (unpaired) electrons. The third-order valence-corrected chi connectivity index (χ3v) is 7.21. The smallest absolute Gasteiger partial charge is 0.263 e. The van der Waals surface area contributed by atoms with Gasteiger partial charge in [0.2, 0.25) is 0 Å². The van der Waals surface area contributed by atoms with Crippen LogP contribution in [-0.2, 0) is 22.9 Å². The van der Waals surface area contributed by atoms with Gasteiger partial charge in [0.1, 0.15) is 11.3 Å². The number of para-hydroxylation sites is 1. The third-order valence-electron chi connectivity index (χ3n) is 5.54. The van der Waals surface area contributed by atoms with Crippen LogP contribution in [0.5, 0.6) is 5.75 Å². The minimum atomic E-state index is -3.72. The van der Waals surface area contributed by atoms with Crippen LogP contribution >= 0.6 is 0 Å². The van der Waals surface area contributed by atoms with E-state index in [-0.39, 0.29) is 34.2 Å². The highest BCUT2D eigenvalue weighted by Gasteiger charge is 2.31. The van der Waals surface area contributed by atoms with Crippen LogP contribution in [0.15, 0.2) is 57.1 Å². The molecule has 162 valence electrons. The predicted octanol–water partition coefficient (Wildman–Crippen LogP) is 3.12. The third kappa shape index (κ3) is 3.77. The number of sulfone groups is 1. The van der Waals surface area contributed by atoms with Gasteiger partial charge in [-0.25, -0.2) is 8.42 Å². The highest BCUT2D eigenvalue weighted by atomic mass is 32.2. The number of hydrogen-bond donors (Lipinski definition) is 2. The van der Waals surface area contributed by atoms with E-state index in [9.17, 15) is 18.3 Å². The zero-order valence-electron chi connectivity index (χ0n) is 17.5. The first-order valence-electron chi connectivity index (χ1n) is 10.2. The summed E-state index contributed by atoms with van der Waals surface area (Å²) in [6, 6.07) is 11.8. The van der Waals surface area contributed by atoms with E-state index in [1.165, 1.54) is 6.07 Å². The first-order chi connectivity index (χ1) is 14.7. The number of fused-ring (bicyclic) bond motifs is 2. The van der Waals surface area contributed by atoms with Gasteiger partial charge in [0.15, 0.2) is 9.84 Å². The van der Waals surface area contributed by atoms with Crippen LogP contribution < -0.4 is 11.3 Å². The molecule has 4 rings (SSSR count). The highest BCUT2D eigenvalue weighted by molar-refractivity contribution is 7.92. The van der Waals surface area contributed by atoms with Crippen molar-refractivity contribution in [3.05, 3.63) is 63.9 Å². The van der Waals surface area contributed by atoms with Gasteiger partial charge in [-0.2, -0.15) is 0 Å². The van der Waals surface area contributed by atoms with E-state index in [4.69, 9.17) is 5.73 Å². The van der Waals surface area contributed by atoms with Crippen LogP contribution in [-0.4, -0.2) is 29.6 Å². The first kappa shape index (κ1) is 21.3. The van der Waals surface area contributed by atoms with Crippen LogP contribution in [0, 0.1) is 5.92 Å². The lowest BCUT2D eigenvalue weighted by molar-refractivity contribution is 0.474. The number of rotatable bonds is 5. The largest absolute Gasteiger partial charge is 0.506 e. The summed E-state index contributed by atoms with van der Waals surface area (Å²) in [7, 11) is -3.72. The van der Waals surface area contributed by atoms with E-state index < -0.39 is 21.1 Å². The SMILES string of the molecule is CC(C)CCn1c(=O)c(C2=Nc3cc(CN)ccc3S(=O)(=O)C2)c(O)c2ccccc21. The maximum atomic E-state index is 13.5. The molecule has 2 aromatic carbocycles. The molecule has 3 aromatic rings. The first-order valence-corrected chi connectivity index (χ1v) is 11.9. The standard InChI is InChI=1S/C23H25N3O4S/c1-14(2)9-10-26-19-6-4-3-5-16(19)22(27)21(23(26)28)18-13-31(29,30)20-8-7-15(12-24)11-17(20)25-18/h3-8,11,14,27H,9-10,12-13,24H2,1-2H3. The highest BCUT2D eigenvalue weighted by Crippen LogP contribution is 2.34. The van der Waals surface area contributed by atoms with Gasteiger partial charge in [-0.1, -0.05) is 32.0 Å². The second-order valence-electron chi connectivity index (χ2n) is 8.20. The molecule has 2 heterocycles. The maximum absolute atomic E-state index is 13.5. The van der Waals surface area contributed by atoms with Crippen molar-refractivity contribution in [1.82, 2.24) is 4.57 Å². The molecule has 0 saturated heterocycles. The molecule has 0 saturated carbocycles. The minimum Gasteiger partial charge on any atom is -0.506 e. The number of aliphatic imine (C=N–C) groups is 1. The molecule has 0 fully saturated rings. The Kier molecular flexibility index (Phi) is 5.45. The number of benzene rings is 2. The summed E-state index contributed by atoms with van der Waals surface area (Å²) in [6.45, 7) is 4.83. The molecule has 1 aliphatic heterocycles. The number of aryl methyl sites for hydroxylation is 1. The molecule has 0 bridgehead atoms. The quantitative estimate of drug-likeness (QED) is 0.634. The van der Waals surface area contributed by atoms with E-state index in [1.54, 1.807) is 41.0 Å². The number of aromatic hydroxyl groups is 1. The second kappa shape index (κ2) is 7.94. The Morgan fingerprint density at radius 1 is 1.19 bits per heavy atom. The molecule has 3 N–H and O–H groups in total. The second-order valence-corrected chi connectivity index (χ2v) is 10.2. The van der Waals surface area contributed by atoms with Crippen LogP contribution in [0.3, 0.4) is 0 Å². The van der Waals surface area contributed by atoms with Crippen molar-refractivity contribution in [2.24, 2.45) is 16.6 Å². The number of aromatic nitrogens is 1. The molecule has 1 aromatic heterocycles. The van der Waals surface area contributed by atoms with E-state index in [0.717, 1.165) is 12.0 Å². The van der Waals surface area contributed by atoms with Crippen molar-refractivity contribution < 1.29 is 13.5 Å². The lowest BCUT2D eigenvalue weighted by Crippen LogP contribution is -2.32. The molecule has 1 aliphatic rings. The zero-order valence-corrected chi connectivity index (χ0v) is 18.3. The lowest BCUT2D eigenvalue weighted by atomic mass is 10.1. The average Bonchev–Trinajstić information content (AvgIpc) is 2.72. The normalized spacial score (nSPS) is 15.2. The fourth-order valence-corrected chi connectivity index (χ4v) is 5.29. The lowest BCUT2D eigenvalue weighted by Gasteiger charge is -2.20. The summed E-state index contributed by atoms with van der Waals surface area (Å²) in [5.41, 5.74) is 6.83. The van der Waals surface area contributed by atoms with Crippen molar-refractivity contribution in [2.75, 3.05) is 5.75 Å². The Morgan fingerprint density at radius 3 is 2.65 bits per heavy atom. The monoisotopic (exact) mass is 439 g/mol. The number of pyridine rings is 1. The Bertz CT molecular complexity index is 1370. The molecule has 0 amide bonds. The molecule has 0 atom stereocenters. The molecule has 0 unspecified atom stereocenters. The summed E-state index contributed by atoms with van der Waals surface area (Å²) in [5.74, 6) is -0.321. The predicted molar refractivity (Wildman–Crippen MR) is 122 cm³/mol. The van der Waals surface area contributed by atoms with Gasteiger partial charge in [0.05, 0.1) is 27.6 Å². The van der Waals surface area contributed by atoms with Crippen molar-refractivity contribution in [3.8, 4) is 5.75 Å². The summed E-state index contributed by atoms with van der Waals surface area (Å²) in [4.78, 5) is 18.1. The van der Waals surface area contributed by atoms with Gasteiger partial charge >= 0.3 is 0 Å². The van der Waals surface area contributed by atoms with Gasteiger partial charge in [-0.3, -0.25) is 9.79 Å². The van der Waals surface area contributed by atoms with Gasteiger partial charge in [0, 0.05) is 18.5 Å². The van der Waals surface area contributed by atoms with E-state index >= 15 is 0 Å². The van der Waals surface area contributed by atoms with Gasteiger partial charge in [-0.15, -0.1) is 0 Å². The molecule has 7 nitrogen and oxygen atoms in total. The van der Waals surface area contributed by atoms with Gasteiger partial charge in [0.25, 0.3) is 5.56 Å². The molecular formula is C23H25N3O4S. The summed E-state index contributed by atoms with van der Waals surface area (Å²) in [5, 5.41) is 11.5. The number of nitrogens with two attached hydrogens (primary N) is 1. The van der Waals surface area contributed by atoms with Gasteiger partial charge in [-0.05, 0) is 42.2 Å². The average molecular weight is 440 g/mol. The minimum absolute atomic E-state index is 0.0493. The fourth-order valence-electron chi connectivity index (χ4n) is 3.86. The molecule has 0 aliphatic carbocycles. The van der Waals surface area contributed by atoms with Gasteiger partial charge < -0.3 is 15.4 Å². The molecular weight excluding hydrogens is 414 g/mol. The van der Waals surface area contributed by atoms with Crippen molar-refractivity contribution in [3.63, 3.8) is 0 Å². The Hall–Kier alpha value is -2.97. The number of nitrogens with zero attached hydrogens (tertiary/aromatic N) is 2. The van der Waals surface area contributed by atoms with E-state index in [1.807, 2.05) is 0 Å². The Labute approximate surface area is 180 Å². The zero-order chi connectivity index (χ0) is 22.3. The maximum Gasteiger partial charge on any atom is 0.263 e. The van der Waals surface area contributed by atoms with Crippen LogP contribution in [0.25, 0.3) is 10.9 Å². The van der Waals surface area contributed by atoms with Crippen LogP contribution in [0.2, 0.25) is 0 Å². The van der Waals surface area contributed by atoms with Crippen molar-refractivity contribution in [2.45, 2.75) is 38.3 Å². The summed E-state index contributed by atoms with van der Waals surface area (Å²) >= 11 is 0. The number of hydrogen-bond acceptors (Lipinski definition) is 6. The summed E-state index contributed by atoms with van der Waals surface area (Å²) in [6.07, 6.45) is 0.765. The molecule has 31 heavy (non-hydrogen) atoms. The van der Waals surface area contributed by atoms with Crippen molar-refractivity contribution >= 4 is 32.1 Å². The fraction of sp³-hybridized carbons (Fsp3) is 0.304. The van der Waals surface area contributed by atoms with E-state index in [0.29, 0.717) is 23.4 Å². The van der Waals surface area contributed by atoms with Crippen molar-refractivity contribution in [1.29, 1.82) is 0 Å². The topological polar surface area (TPSA) is 115 Å². The van der Waals surface area contributed by atoms with Crippen LogP contribution in [0.4, 0.5) is 5.69 Å². The Morgan fingerprint density at radius 2 is 1.94 bits per heavy atom. The Balaban J connectivity index is 2.00. The van der Waals surface area contributed by atoms with Crippen LogP contribution in [0.1, 0.15) is 31.4 Å². The molecule has 8 heteroatoms. The molecule has 0 spiro atoms.